The smallest absolute Gasteiger partial charge is 0.408 e. The molecule has 0 radical (unpaired) electrons. The van der Waals surface area contributed by atoms with E-state index in [2.05, 4.69) is 10.6 Å². The third-order valence-corrected chi connectivity index (χ3v) is 5.53. The first kappa shape index (κ1) is 28.2. The monoisotopic (exact) mass is 508 g/mol. The number of amides is 2. The van der Waals surface area contributed by atoms with Crippen LogP contribution >= 0.6 is 11.6 Å². The standard InChI is InChI=1S/C25H33ClN2O7/c1-15(27-24(32)35-25(2,3)4)22(30)28-20(13-17-8-11-21(29)19(26)12-17)23(31)34-14-16-6-9-18(33-5)10-7-16/h6-7,9-10,12,15,17,20H,8,11,13-14H2,1-5H3,(H,27,32)(H,28,30)/t15-,17-,20-/m0/s1. The van der Waals surface area contributed by atoms with Crippen LogP contribution in [0.5, 0.6) is 5.75 Å². The second kappa shape index (κ2) is 12.6. The number of esters is 1. The first-order chi connectivity index (χ1) is 16.4. The van der Waals surface area contributed by atoms with Gasteiger partial charge in [0.1, 0.15) is 30.0 Å². The highest BCUT2D eigenvalue weighted by Gasteiger charge is 2.30. The minimum Gasteiger partial charge on any atom is -0.497 e. The van der Waals surface area contributed by atoms with E-state index in [1.807, 2.05) is 0 Å². The number of carbonyl (C=O) groups excluding carboxylic acids is 4. The van der Waals surface area contributed by atoms with Crippen molar-refractivity contribution in [3.63, 3.8) is 0 Å². The first-order valence-electron chi connectivity index (χ1n) is 11.4. The van der Waals surface area contributed by atoms with Crippen molar-refractivity contribution in [3.05, 3.63) is 40.9 Å². The maximum absolute atomic E-state index is 12.9. The fraction of sp³-hybridized carbons (Fsp3) is 0.520. The zero-order chi connectivity index (χ0) is 26.2. The van der Waals surface area contributed by atoms with E-state index in [0.717, 1.165) is 5.56 Å². The van der Waals surface area contributed by atoms with Gasteiger partial charge in [-0.3, -0.25) is 9.59 Å². The molecule has 35 heavy (non-hydrogen) atoms. The summed E-state index contributed by atoms with van der Waals surface area (Å²) in [5.74, 6) is -0.898. The van der Waals surface area contributed by atoms with Gasteiger partial charge in [-0.2, -0.15) is 0 Å². The van der Waals surface area contributed by atoms with Gasteiger partial charge in [-0.15, -0.1) is 0 Å². The highest BCUT2D eigenvalue weighted by molar-refractivity contribution is 6.42. The largest absolute Gasteiger partial charge is 0.497 e. The summed E-state index contributed by atoms with van der Waals surface area (Å²) in [5.41, 5.74) is 0.0216. The predicted octanol–water partition coefficient (Wildman–Crippen LogP) is 3.63. The number of halogens is 1. The maximum Gasteiger partial charge on any atom is 0.408 e. The van der Waals surface area contributed by atoms with Crippen molar-refractivity contribution in [2.45, 2.75) is 71.2 Å². The molecule has 3 atom stereocenters. The Morgan fingerprint density at radius 2 is 1.80 bits per heavy atom. The van der Waals surface area contributed by atoms with Crippen LogP contribution in [-0.4, -0.2) is 48.5 Å². The van der Waals surface area contributed by atoms with Crippen LogP contribution in [0, 0.1) is 5.92 Å². The summed E-state index contributed by atoms with van der Waals surface area (Å²) in [7, 11) is 1.56. The molecule has 0 aliphatic heterocycles. The molecule has 0 saturated carbocycles. The number of allylic oxidation sites excluding steroid dienone is 2. The lowest BCUT2D eigenvalue weighted by molar-refractivity contribution is -0.149. The number of methoxy groups -OCH3 is 1. The molecule has 0 saturated heterocycles. The molecule has 0 aromatic heterocycles. The Balaban J connectivity index is 2.06. The summed E-state index contributed by atoms with van der Waals surface area (Å²) < 4.78 is 15.7. The van der Waals surface area contributed by atoms with Crippen LogP contribution in [-0.2, 0) is 30.5 Å². The molecule has 1 aliphatic rings. The zero-order valence-electron chi connectivity index (χ0n) is 20.7. The normalized spacial score (nSPS) is 17.5. The van der Waals surface area contributed by atoms with Gasteiger partial charge in [0.05, 0.1) is 12.1 Å². The van der Waals surface area contributed by atoms with Crippen LogP contribution in [0.3, 0.4) is 0 Å². The number of ketones is 1. The number of carbonyl (C=O) groups is 4. The minimum atomic E-state index is -1.01. The van der Waals surface area contributed by atoms with E-state index in [0.29, 0.717) is 12.2 Å². The second-order valence-electron chi connectivity index (χ2n) is 9.36. The van der Waals surface area contributed by atoms with Gasteiger partial charge in [-0.1, -0.05) is 29.8 Å². The van der Waals surface area contributed by atoms with Gasteiger partial charge in [-0.25, -0.2) is 9.59 Å². The number of Topliss-reactive ketones (excluding diaryl/α,β-unsaturated/α-hetero) is 1. The first-order valence-corrected chi connectivity index (χ1v) is 11.8. The van der Waals surface area contributed by atoms with Gasteiger partial charge in [0.25, 0.3) is 0 Å². The van der Waals surface area contributed by atoms with Gasteiger partial charge in [0.2, 0.25) is 5.91 Å². The summed E-state index contributed by atoms with van der Waals surface area (Å²) in [6.07, 6.45) is 1.80. The Labute approximate surface area is 210 Å². The minimum absolute atomic E-state index is 0.000653. The molecule has 192 valence electrons. The van der Waals surface area contributed by atoms with E-state index in [4.69, 9.17) is 25.8 Å². The predicted molar refractivity (Wildman–Crippen MR) is 130 cm³/mol. The highest BCUT2D eigenvalue weighted by Crippen LogP contribution is 2.26. The molecule has 0 spiro atoms. The Morgan fingerprint density at radius 3 is 2.37 bits per heavy atom. The van der Waals surface area contributed by atoms with Crippen LogP contribution in [0.15, 0.2) is 35.4 Å². The van der Waals surface area contributed by atoms with Gasteiger partial charge in [0, 0.05) is 6.42 Å². The average Bonchev–Trinajstić information content (AvgIpc) is 2.78. The highest BCUT2D eigenvalue weighted by atomic mass is 35.5. The number of alkyl carbamates (subject to hydrolysis) is 1. The van der Waals surface area contributed by atoms with E-state index >= 15 is 0 Å². The second-order valence-corrected chi connectivity index (χ2v) is 9.76. The Kier molecular flexibility index (Phi) is 10.1. The van der Waals surface area contributed by atoms with E-state index < -0.39 is 35.7 Å². The van der Waals surface area contributed by atoms with E-state index in [-0.39, 0.29) is 36.2 Å². The molecule has 2 amide bonds. The topological polar surface area (TPSA) is 120 Å². The molecular weight excluding hydrogens is 476 g/mol. The number of hydrogen-bond acceptors (Lipinski definition) is 7. The maximum atomic E-state index is 12.9. The average molecular weight is 509 g/mol. The fourth-order valence-electron chi connectivity index (χ4n) is 3.35. The SMILES string of the molecule is COc1ccc(COC(=O)[C@H](C[C@@H]2C=C(Cl)C(=O)CC2)NC(=O)[C@H](C)NC(=O)OC(C)(C)C)cc1. The summed E-state index contributed by atoms with van der Waals surface area (Å²) in [5, 5.41) is 5.23. The summed E-state index contributed by atoms with van der Waals surface area (Å²) in [6.45, 7) is 6.61. The van der Waals surface area contributed by atoms with Crippen molar-refractivity contribution in [1.29, 1.82) is 0 Å². The lowest BCUT2D eigenvalue weighted by Gasteiger charge is -2.25. The van der Waals surface area contributed by atoms with Crippen LogP contribution in [0.2, 0.25) is 0 Å². The lowest BCUT2D eigenvalue weighted by Crippen LogP contribution is -2.51. The van der Waals surface area contributed by atoms with Crippen molar-refractivity contribution in [3.8, 4) is 5.75 Å². The Morgan fingerprint density at radius 1 is 1.14 bits per heavy atom. The molecule has 0 bridgehead atoms. The zero-order valence-corrected chi connectivity index (χ0v) is 21.4. The van der Waals surface area contributed by atoms with Crippen molar-refractivity contribution in [1.82, 2.24) is 10.6 Å². The van der Waals surface area contributed by atoms with Gasteiger partial charge < -0.3 is 24.8 Å². The van der Waals surface area contributed by atoms with Crippen LogP contribution in [0.1, 0.15) is 52.5 Å². The van der Waals surface area contributed by atoms with Gasteiger partial charge >= 0.3 is 12.1 Å². The third-order valence-electron chi connectivity index (χ3n) is 5.20. The lowest BCUT2D eigenvalue weighted by atomic mass is 9.89. The molecule has 0 fully saturated rings. The number of rotatable bonds is 9. The van der Waals surface area contributed by atoms with Crippen molar-refractivity contribution in [2.24, 2.45) is 5.92 Å². The summed E-state index contributed by atoms with van der Waals surface area (Å²) >= 11 is 5.99. The number of nitrogens with one attached hydrogen (secondary N) is 2. The molecule has 0 unspecified atom stereocenters. The molecular formula is C25H33ClN2O7. The van der Waals surface area contributed by atoms with Crippen LogP contribution in [0.4, 0.5) is 4.79 Å². The summed E-state index contributed by atoms with van der Waals surface area (Å²) in [6, 6.07) is 5.05. The van der Waals surface area contributed by atoms with Gasteiger partial charge in [0.15, 0.2) is 5.78 Å². The fourth-order valence-corrected chi connectivity index (χ4v) is 3.62. The summed E-state index contributed by atoms with van der Waals surface area (Å²) in [4.78, 5) is 49.4. The van der Waals surface area contributed by atoms with E-state index in [1.54, 1.807) is 58.2 Å². The number of ether oxygens (including phenoxy) is 3. The Hall–Kier alpha value is -3.07. The molecule has 2 N–H and O–H groups in total. The van der Waals surface area contributed by atoms with Crippen molar-refractivity contribution < 1.29 is 33.4 Å². The van der Waals surface area contributed by atoms with Crippen molar-refractivity contribution >= 4 is 35.4 Å². The van der Waals surface area contributed by atoms with E-state index in [1.165, 1.54) is 6.92 Å². The number of benzene rings is 1. The molecule has 10 heteroatoms. The molecule has 1 aliphatic carbocycles. The molecule has 0 heterocycles. The Bertz CT molecular complexity index is 954. The van der Waals surface area contributed by atoms with Crippen LogP contribution < -0.4 is 15.4 Å². The molecule has 1 aromatic carbocycles. The van der Waals surface area contributed by atoms with Gasteiger partial charge in [-0.05, 0) is 64.2 Å². The quantitative estimate of drug-likeness (QED) is 0.489. The number of hydrogen-bond donors (Lipinski definition) is 2. The molecule has 1 aromatic rings. The van der Waals surface area contributed by atoms with E-state index in [9.17, 15) is 19.2 Å². The molecule has 2 rings (SSSR count). The van der Waals surface area contributed by atoms with Crippen molar-refractivity contribution in [2.75, 3.05) is 7.11 Å². The molecule has 9 nitrogen and oxygen atoms in total. The van der Waals surface area contributed by atoms with Crippen LogP contribution in [0.25, 0.3) is 0 Å². The third kappa shape index (κ3) is 9.60.